The number of carboxylic acid groups (broad SMARTS) is 1. The van der Waals surface area contributed by atoms with Crippen molar-refractivity contribution in [3.63, 3.8) is 0 Å². The van der Waals surface area contributed by atoms with Gasteiger partial charge in [0.2, 0.25) is 0 Å². The first-order valence-electron chi connectivity index (χ1n) is 9.01. The van der Waals surface area contributed by atoms with Crippen molar-refractivity contribution in [2.24, 2.45) is 0 Å². The van der Waals surface area contributed by atoms with Crippen molar-refractivity contribution in [3.8, 4) is 17.2 Å². The number of amides is 1. The summed E-state index contributed by atoms with van der Waals surface area (Å²) >= 11 is 0. The Bertz CT molecular complexity index is 793. The molecule has 2 aromatic rings. The summed E-state index contributed by atoms with van der Waals surface area (Å²) in [6.07, 6.45) is 0. The summed E-state index contributed by atoms with van der Waals surface area (Å²) in [5.41, 5.74) is 0.326. The molecule has 7 heteroatoms. The van der Waals surface area contributed by atoms with E-state index in [1.807, 2.05) is 37.3 Å². The van der Waals surface area contributed by atoms with Gasteiger partial charge in [0.15, 0.2) is 11.5 Å². The fraction of sp³-hybridized carbons (Fsp3) is 0.333. The standard InChI is InChI=1S/C21H25NO6/c1-4-26-19-14-16(20(23)22(3)15(2)21(24)25)10-11-18(19)28-13-12-27-17-8-6-5-7-9-17/h5-11,14-15H,4,12-13H2,1-3H3,(H,24,25). The Labute approximate surface area is 164 Å². The maximum atomic E-state index is 12.5. The third-order valence-corrected chi connectivity index (χ3v) is 4.10. The van der Waals surface area contributed by atoms with Crippen LogP contribution in [0.3, 0.4) is 0 Å². The van der Waals surface area contributed by atoms with Gasteiger partial charge in [0.05, 0.1) is 6.61 Å². The van der Waals surface area contributed by atoms with Crippen LogP contribution in [0.1, 0.15) is 24.2 Å². The van der Waals surface area contributed by atoms with Gasteiger partial charge in [-0.15, -0.1) is 0 Å². The maximum absolute atomic E-state index is 12.5. The summed E-state index contributed by atoms with van der Waals surface area (Å²) in [6.45, 7) is 4.34. The molecule has 0 fully saturated rings. The highest BCUT2D eigenvalue weighted by Crippen LogP contribution is 2.29. The normalized spacial score (nSPS) is 11.4. The quantitative estimate of drug-likeness (QED) is 0.631. The molecule has 1 atom stereocenters. The number of aliphatic carboxylic acids is 1. The molecular formula is C21H25NO6. The van der Waals surface area contributed by atoms with E-state index in [1.54, 1.807) is 18.2 Å². The predicted molar refractivity (Wildman–Crippen MR) is 104 cm³/mol. The van der Waals surface area contributed by atoms with Gasteiger partial charge in [0.1, 0.15) is 25.0 Å². The lowest BCUT2D eigenvalue weighted by Crippen LogP contribution is -2.40. The van der Waals surface area contributed by atoms with Gasteiger partial charge in [-0.1, -0.05) is 18.2 Å². The Morgan fingerprint density at radius 1 is 1.00 bits per heavy atom. The first-order valence-corrected chi connectivity index (χ1v) is 9.01. The first kappa shape index (κ1) is 21.1. The van der Waals surface area contributed by atoms with Gasteiger partial charge in [0, 0.05) is 12.6 Å². The summed E-state index contributed by atoms with van der Waals surface area (Å²) in [6, 6.07) is 13.3. The fourth-order valence-corrected chi connectivity index (χ4v) is 2.40. The zero-order valence-corrected chi connectivity index (χ0v) is 16.3. The van der Waals surface area contributed by atoms with Crippen LogP contribution in [0, 0.1) is 0 Å². The SMILES string of the molecule is CCOc1cc(C(=O)N(C)C(C)C(=O)O)ccc1OCCOc1ccccc1. The number of carbonyl (C=O) groups is 2. The molecule has 0 heterocycles. The van der Waals surface area contributed by atoms with Gasteiger partial charge in [-0.3, -0.25) is 4.79 Å². The van der Waals surface area contributed by atoms with Crippen LogP contribution in [0.15, 0.2) is 48.5 Å². The zero-order valence-electron chi connectivity index (χ0n) is 16.3. The van der Waals surface area contributed by atoms with Crippen molar-refractivity contribution in [2.45, 2.75) is 19.9 Å². The summed E-state index contributed by atoms with van der Waals surface area (Å²) in [5, 5.41) is 9.08. The van der Waals surface area contributed by atoms with Crippen LogP contribution in [0.5, 0.6) is 17.2 Å². The topological polar surface area (TPSA) is 85.3 Å². The van der Waals surface area contributed by atoms with E-state index in [1.165, 1.54) is 18.9 Å². The predicted octanol–water partition coefficient (Wildman–Crippen LogP) is 3.09. The van der Waals surface area contributed by atoms with Crippen LogP contribution < -0.4 is 14.2 Å². The molecule has 0 aliphatic carbocycles. The number of carboxylic acids is 1. The summed E-state index contributed by atoms with van der Waals surface area (Å²) in [4.78, 5) is 24.8. The molecule has 28 heavy (non-hydrogen) atoms. The Balaban J connectivity index is 2.03. The van der Waals surface area contributed by atoms with Crippen molar-refractivity contribution in [3.05, 3.63) is 54.1 Å². The van der Waals surface area contributed by atoms with Crippen LogP contribution in [-0.4, -0.2) is 54.8 Å². The minimum Gasteiger partial charge on any atom is -0.490 e. The second-order valence-electron chi connectivity index (χ2n) is 6.03. The van der Waals surface area contributed by atoms with Crippen molar-refractivity contribution in [2.75, 3.05) is 26.9 Å². The molecule has 2 rings (SSSR count). The number of para-hydroxylation sites is 1. The lowest BCUT2D eigenvalue weighted by molar-refractivity contribution is -0.141. The molecule has 7 nitrogen and oxygen atoms in total. The van der Waals surface area contributed by atoms with E-state index in [9.17, 15) is 9.59 Å². The average Bonchev–Trinajstić information content (AvgIpc) is 2.71. The number of likely N-dealkylation sites (N-methyl/N-ethyl adjacent to an activating group) is 1. The third kappa shape index (κ3) is 5.64. The van der Waals surface area contributed by atoms with Gasteiger partial charge in [-0.05, 0) is 44.2 Å². The maximum Gasteiger partial charge on any atom is 0.326 e. The summed E-state index contributed by atoms with van der Waals surface area (Å²) < 4.78 is 16.9. The molecule has 0 spiro atoms. The highest BCUT2D eigenvalue weighted by Gasteiger charge is 2.23. The van der Waals surface area contributed by atoms with Gasteiger partial charge >= 0.3 is 5.97 Å². The molecule has 0 aliphatic rings. The van der Waals surface area contributed by atoms with Crippen LogP contribution >= 0.6 is 0 Å². The highest BCUT2D eigenvalue weighted by atomic mass is 16.5. The van der Waals surface area contributed by atoms with Crippen molar-refractivity contribution in [1.29, 1.82) is 0 Å². The molecule has 0 radical (unpaired) electrons. The van der Waals surface area contributed by atoms with Crippen LogP contribution in [0.2, 0.25) is 0 Å². The van der Waals surface area contributed by atoms with Crippen molar-refractivity contribution < 1.29 is 28.9 Å². The molecule has 1 amide bonds. The van der Waals surface area contributed by atoms with Crippen LogP contribution in [0.4, 0.5) is 0 Å². The van der Waals surface area contributed by atoms with Gasteiger partial charge in [0.25, 0.3) is 5.91 Å². The molecule has 0 aromatic heterocycles. The first-order chi connectivity index (χ1) is 13.4. The molecule has 2 aromatic carbocycles. The summed E-state index contributed by atoms with van der Waals surface area (Å²) in [7, 11) is 1.45. The van der Waals surface area contributed by atoms with E-state index < -0.39 is 17.9 Å². The number of hydrogen-bond acceptors (Lipinski definition) is 5. The van der Waals surface area contributed by atoms with Gasteiger partial charge in [-0.25, -0.2) is 4.79 Å². The molecule has 0 saturated carbocycles. The van der Waals surface area contributed by atoms with Crippen LogP contribution in [0.25, 0.3) is 0 Å². The van der Waals surface area contributed by atoms with E-state index >= 15 is 0 Å². The highest BCUT2D eigenvalue weighted by molar-refractivity contribution is 5.97. The second kappa shape index (κ2) is 10.2. The van der Waals surface area contributed by atoms with E-state index in [0.29, 0.717) is 36.9 Å². The summed E-state index contributed by atoms with van der Waals surface area (Å²) in [5.74, 6) is 0.190. The van der Waals surface area contributed by atoms with E-state index in [-0.39, 0.29) is 0 Å². The van der Waals surface area contributed by atoms with E-state index in [4.69, 9.17) is 19.3 Å². The van der Waals surface area contributed by atoms with E-state index in [2.05, 4.69) is 0 Å². The second-order valence-corrected chi connectivity index (χ2v) is 6.03. The van der Waals surface area contributed by atoms with Crippen molar-refractivity contribution in [1.82, 2.24) is 4.90 Å². The monoisotopic (exact) mass is 387 g/mol. The Hall–Kier alpha value is -3.22. The Morgan fingerprint density at radius 3 is 2.32 bits per heavy atom. The molecule has 0 saturated heterocycles. The van der Waals surface area contributed by atoms with E-state index in [0.717, 1.165) is 5.75 Å². The molecular weight excluding hydrogens is 362 g/mol. The number of benzene rings is 2. The van der Waals surface area contributed by atoms with Gasteiger partial charge in [-0.2, -0.15) is 0 Å². The third-order valence-electron chi connectivity index (χ3n) is 4.10. The Kier molecular flexibility index (Phi) is 7.68. The van der Waals surface area contributed by atoms with Crippen LogP contribution in [-0.2, 0) is 4.79 Å². The number of hydrogen-bond donors (Lipinski definition) is 1. The lowest BCUT2D eigenvalue weighted by atomic mass is 10.1. The minimum absolute atomic E-state index is 0.304. The number of carbonyl (C=O) groups excluding carboxylic acids is 1. The number of nitrogens with zero attached hydrogens (tertiary/aromatic N) is 1. The largest absolute Gasteiger partial charge is 0.490 e. The average molecular weight is 387 g/mol. The van der Waals surface area contributed by atoms with Crippen molar-refractivity contribution >= 4 is 11.9 Å². The fourth-order valence-electron chi connectivity index (χ4n) is 2.40. The minimum atomic E-state index is -1.07. The smallest absolute Gasteiger partial charge is 0.326 e. The molecule has 150 valence electrons. The number of ether oxygens (including phenoxy) is 3. The molecule has 0 bridgehead atoms. The Morgan fingerprint density at radius 2 is 1.68 bits per heavy atom. The number of rotatable bonds is 10. The molecule has 1 unspecified atom stereocenters. The lowest BCUT2D eigenvalue weighted by Gasteiger charge is -2.22. The molecule has 0 aliphatic heterocycles. The molecule has 1 N–H and O–H groups in total. The zero-order chi connectivity index (χ0) is 20.5. The van der Waals surface area contributed by atoms with Gasteiger partial charge < -0.3 is 24.2 Å².